The van der Waals surface area contributed by atoms with Crippen molar-refractivity contribution in [1.82, 2.24) is 40.3 Å². The molecule has 18 nitrogen and oxygen atoms in total. The molecule has 2 unspecified atom stereocenters. The Kier molecular flexibility index (Phi) is 17.4. The second kappa shape index (κ2) is 23.4. The monoisotopic (exact) mass is 1090 g/mol. The molecule has 22 heteroatoms. The van der Waals surface area contributed by atoms with Crippen LogP contribution in [0.3, 0.4) is 0 Å². The van der Waals surface area contributed by atoms with Crippen molar-refractivity contribution < 1.29 is 38.2 Å². The van der Waals surface area contributed by atoms with Gasteiger partial charge in [-0.15, -0.1) is 11.3 Å². The number of alkyl halides is 1. The molecule has 8 rings (SSSR count). The van der Waals surface area contributed by atoms with Gasteiger partial charge in [-0.25, -0.2) is 19.3 Å². The molecule has 75 heavy (non-hydrogen) atoms. The maximum atomic E-state index is 14.7. The third-order valence-corrected chi connectivity index (χ3v) is 17.2. The number of rotatable bonds is 18. The number of anilines is 2. The lowest BCUT2D eigenvalue weighted by Gasteiger charge is -2.39. The molecule has 3 saturated heterocycles. The summed E-state index contributed by atoms with van der Waals surface area (Å²) in [5.41, 5.74) is 7.95. The number of ether oxygens (including phenoxy) is 1. The van der Waals surface area contributed by atoms with Crippen molar-refractivity contribution in [3.63, 3.8) is 0 Å². The standard InChI is InChI=1S/C53H69ClFN11O7S2/c1-32-28-63(18-19-65(32)44(69)24-42(68)61-37-8-7-9-40(45(37)54)75-43-27-57-41(26-58-43)64-16-14-52(6,30-56)15-17-64)20-21-73-39-22-34(46-33(2)60-31-74-46)10-11-35(39)25-59-48(70)38-23-36(67)29-66(38)49(71)47(51(3,4)5)62-50(72)53(55)12-13-53/h7-11,22,26-27,31-32,36,38,47,67H,12-21,23-25,28-30,56H2,1-6H3,(H,59,70)(H,61,68)(H,62,72)/t32-,36?,38?,47+/m0/s1. The molecule has 5 amide bonds. The number of hydrogen-bond acceptors (Lipinski definition) is 15. The van der Waals surface area contributed by atoms with Gasteiger partial charge in [-0.2, -0.15) is 0 Å². The third kappa shape index (κ3) is 13.6. The first-order valence-electron chi connectivity index (χ1n) is 25.6. The number of aryl methyl sites for hydroxylation is 1. The minimum Gasteiger partial charge on any atom is -0.492 e. The average molecular weight is 1090 g/mol. The van der Waals surface area contributed by atoms with E-state index in [2.05, 4.69) is 47.6 Å². The summed E-state index contributed by atoms with van der Waals surface area (Å²) >= 11 is 9.63. The molecule has 4 fully saturated rings. The highest BCUT2D eigenvalue weighted by molar-refractivity contribution is 7.99. The van der Waals surface area contributed by atoms with Gasteiger partial charge in [-0.1, -0.05) is 69.3 Å². The Bertz CT molecular complexity index is 2730. The molecule has 3 aliphatic heterocycles. The van der Waals surface area contributed by atoms with Crippen molar-refractivity contribution in [2.45, 2.75) is 126 Å². The lowest BCUT2D eigenvalue weighted by Crippen LogP contribution is -2.59. The Hall–Kier alpha value is -5.45. The smallest absolute Gasteiger partial charge is 0.258 e. The first-order valence-corrected chi connectivity index (χ1v) is 27.7. The Morgan fingerprint density at radius 2 is 1.77 bits per heavy atom. The van der Waals surface area contributed by atoms with Crippen LogP contribution in [0.5, 0.6) is 5.75 Å². The van der Waals surface area contributed by atoms with E-state index in [0.717, 1.165) is 47.9 Å². The van der Waals surface area contributed by atoms with Crippen LogP contribution in [0.25, 0.3) is 10.4 Å². The summed E-state index contributed by atoms with van der Waals surface area (Å²) < 4.78 is 21.2. The predicted octanol–water partition coefficient (Wildman–Crippen LogP) is 5.83. The number of nitrogens with one attached hydrogen (secondary N) is 3. The molecule has 0 bridgehead atoms. The van der Waals surface area contributed by atoms with Crippen LogP contribution in [0.2, 0.25) is 5.02 Å². The van der Waals surface area contributed by atoms with Crippen molar-refractivity contribution >= 4 is 75.7 Å². The Labute approximate surface area is 451 Å². The minimum atomic E-state index is -1.99. The van der Waals surface area contributed by atoms with E-state index in [-0.39, 0.29) is 62.7 Å². The molecule has 1 aliphatic carbocycles. The van der Waals surface area contributed by atoms with Crippen LogP contribution in [0, 0.1) is 17.8 Å². The van der Waals surface area contributed by atoms with Crippen LogP contribution in [0.4, 0.5) is 15.9 Å². The molecule has 2 aromatic heterocycles. The van der Waals surface area contributed by atoms with Gasteiger partial charge in [0.15, 0.2) is 5.67 Å². The predicted molar refractivity (Wildman–Crippen MR) is 287 cm³/mol. The van der Waals surface area contributed by atoms with Gasteiger partial charge in [0.2, 0.25) is 23.6 Å². The topological polar surface area (TPSA) is 229 Å². The van der Waals surface area contributed by atoms with E-state index in [4.69, 9.17) is 22.1 Å². The van der Waals surface area contributed by atoms with Crippen molar-refractivity contribution in [1.29, 1.82) is 0 Å². The second-order valence-electron chi connectivity index (χ2n) is 21.7. The van der Waals surface area contributed by atoms with E-state index in [1.54, 1.807) is 55.7 Å². The van der Waals surface area contributed by atoms with Gasteiger partial charge in [0.25, 0.3) is 5.91 Å². The lowest BCUT2D eigenvalue weighted by atomic mass is 9.80. The number of halogens is 2. The first-order chi connectivity index (χ1) is 35.6. The summed E-state index contributed by atoms with van der Waals surface area (Å²) in [5.74, 6) is -1.30. The molecular formula is C53H69ClFN11O7S2. The zero-order valence-electron chi connectivity index (χ0n) is 43.5. The highest BCUT2D eigenvalue weighted by Gasteiger charge is 2.53. The molecule has 6 N–H and O–H groups in total. The van der Waals surface area contributed by atoms with Crippen LogP contribution in [-0.2, 0) is 30.5 Å². The number of amides is 5. The number of aliphatic hydroxyl groups excluding tert-OH is 1. The molecule has 0 spiro atoms. The van der Waals surface area contributed by atoms with Gasteiger partial charge >= 0.3 is 0 Å². The van der Waals surface area contributed by atoms with Crippen molar-refractivity contribution in [2.75, 3.05) is 69.2 Å². The van der Waals surface area contributed by atoms with Gasteiger partial charge in [-0.3, -0.25) is 28.9 Å². The van der Waals surface area contributed by atoms with Crippen LogP contribution >= 0.6 is 34.7 Å². The number of aromatic nitrogens is 3. The summed E-state index contributed by atoms with van der Waals surface area (Å²) in [6, 6.07) is 8.72. The summed E-state index contributed by atoms with van der Waals surface area (Å²) in [6.45, 7) is 16.1. The van der Waals surface area contributed by atoms with Crippen molar-refractivity contribution in [3.05, 3.63) is 70.6 Å². The van der Waals surface area contributed by atoms with Gasteiger partial charge < -0.3 is 46.2 Å². The number of hydrogen-bond donors (Lipinski definition) is 5. The summed E-state index contributed by atoms with van der Waals surface area (Å²) in [5, 5.41) is 20.1. The molecule has 5 heterocycles. The highest BCUT2D eigenvalue weighted by Crippen LogP contribution is 2.41. The number of likely N-dealkylation sites (tertiary alicyclic amines) is 1. The number of piperazine rings is 1. The fourth-order valence-corrected chi connectivity index (χ4v) is 11.6. The first kappa shape index (κ1) is 55.8. The Balaban J connectivity index is 0.828. The minimum absolute atomic E-state index is 0.00119. The lowest BCUT2D eigenvalue weighted by molar-refractivity contribution is -0.145. The quantitative estimate of drug-likeness (QED) is 0.0740. The number of benzene rings is 2. The molecular weight excluding hydrogens is 1020 g/mol. The second-order valence-corrected chi connectivity index (χ2v) is 24.0. The average Bonchev–Trinajstić information content (AvgIpc) is 3.79. The highest BCUT2D eigenvalue weighted by atomic mass is 35.5. The SMILES string of the molecule is Cc1ncsc1-c1ccc(CNC(=O)C2CC(O)CN2C(=O)[C@@H](NC(=O)C2(F)CC2)C(C)(C)C)c(OCCN2CCN(C(=O)CC(=O)Nc3cccc(Sc4cnc(N5CCC(C)(CN)CC5)cn4)c3Cl)[C@@H](C)C2)c1. The number of thiazole rings is 1. The van der Waals surface area contributed by atoms with Crippen molar-refractivity contribution in [2.24, 2.45) is 16.6 Å². The van der Waals surface area contributed by atoms with Gasteiger partial charge in [0.1, 0.15) is 41.7 Å². The fraction of sp³-hybridized carbons (Fsp3) is 0.547. The molecule has 4 aromatic rings. The molecule has 4 atom stereocenters. The van der Waals surface area contributed by atoms with E-state index in [0.29, 0.717) is 64.7 Å². The largest absolute Gasteiger partial charge is 0.492 e. The van der Waals surface area contributed by atoms with Gasteiger partial charge in [-0.05, 0) is 80.7 Å². The zero-order chi connectivity index (χ0) is 53.8. The summed E-state index contributed by atoms with van der Waals surface area (Å²) in [6.07, 6.45) is 4.34. The zero-order valence-corrected chi connectivity index (χ0v) is 45.9. The number of carbonyl (C=O) groups excluding carboxylic acids is 5. The van der Waals surface area contributed by atoms with E-state index >= 15 is 0 Å². The van der Waals surface area contributed by atoms with E-state index in [1.807, 2.05) is 38.1 Å². The van der Waals surface area contributed by atoms with Crippen LogP contribution in [-0.4, -0.2) is 153 Å². The molecule has 404 valence electrons. The molecule has 4 aliphatic rings. The number of piperidine rings is 1. The fourth-order valence-electron chi connectivity index (χ4n) is 9.70. The number of carbonyl (C=O) groups is 5. The maximum Gasteiger partial charge on any atom is 0.258 e. The van der Waals surface area contributed by atoms with Gasteiger partial charge in [0, 0.05) is 75.3 Å². The molecule has 1 saturated carbocycles. The number of β-amino-alcohol motifs (C(OH)–C–C–N with tert-alkyl or cyclic N) is 1. The number of aliphatic hydroxyl groups is 1. The Morgan fingerprint density at radius 1 is 1.01 bits per heavy atom. The molecule has 0 radical (unpaired) electrons. The normalized spacial score (nSPS) is 20.8. The van der Waals surface area contributed by atoms with E-state index in [1.165, 1.54) is 28.0 Å². The van der Waals surface area contributed by atoms with E-state index in [9.17, 15) is 33.5 Å². The number of nitrogens with zero attached hydrogens (tertiary/aromatic N) is 7. The summed E-state index contributed by atoms with van der Waals surface area (Å²) in [4.78, 5) is 90.3. The third-order valence-electron chi connectivity index (χ3n) is 14.7. The Morgan fingerprint density at radius 3 is 2.43 bits per heavy atom. The number of nitrogens with two attached hydrogens (primary N) is 1. The maximum absolute atomic E-state index is 14.7. The van der Waals surface area contributed by atoms with Gasteiger partial charge in [0.05, 0.1) is 45.3 Å². The summed E-state index contributed by atoms with van der Waals surface area (Å²) in [7, 11) is 0. The van der Waals surface area contributed by atoms with Crippen LogP contribution in [0.15, 0.2) is 64.2 Å². The van der Waals surface area contributed by atoms with Crippen LogP contribution < -0.4 is 31.3 Å². The van der Waals surface area contributed by atoms with E-state index < -0.39 is 52.9 Å². The van der Waals surface area contributed by atoms with Crippen molar-refractivity contribution in [3.8, 4) is 16.2 Å². The van der Waals surface area contributed by atoms with Crippen LogP contribution in [0.1, 0.15) is 84.4 Å². The molecule has 2 aromatic carbocycles.